The summed E-state index contributed by atoms with van der Waals surface area (Å²) in [5.41, 5.74) is 0. The number of hydrogen-bond donors (Lipinski definition) is 0. The van der Waals surface area contributed by atoms with Crippen molar-refractivity contribution in [1.82, 2.24) is 0 Å². The van der Waals surface area contributed by atoms with Gasteiger partial charge in [-0.2, -0.15) is 0 Å². The Morgan fingerprint density at radius 3 is 2.21 bits per heavy atom. The van der Waals surface area contributed by atoms with Gasteiger partial charge in [-0.3, -0.25) is 4.79 Å². The highest BCUT2D eigenvalue weighted by atomic mass is 16.5. The van der Waals surface area contributed by atoms with E-state index in [0.29, 0.717) is 58.4 Å². The Balaban J connectivity index is 3.14. The summed E-state index contributed by atoms with van der Waals surface area (Å²) >= 11 is 0. The molecule has 0 rings (SSSR count). The van der Waals surface area contributed by atoms with Crippen molar-refractivity contribution in [2.45, 2.75) is 33.1 Å². The van der Waals surface area contributed by atoms with Crippen LogP contribution in [0.25, 0.3) is 0 Å². The van der Waals surface area contributed by atoms with E-state index in [9.17, 15) is 4.79 Å². The first-order valence-corrected chi connectivity index (χ1v) is 6.97. The predicted octanol–water partition coefficient (Wildman–Crippen LogP) is 2.04. The number of ether oxygens (including phenoxy) is 4. The van der Waals surface area contributed by atoms with Crippen LogP contribution in [0, 0.1) is 5.92 Å². The molecule has 5 heteroatoms. The fourth-order valence-electron chi connectivity index (χ4n) is 1.26. The normalized spacial score (nSPS) is 10.9. The largest absolute Gasteiger partial charge is 0.466 e. The topological polar surface area (TPSA) is 54.0 Å². The number of methoxy groups -OCH3 is 1. The summed E-state index contributed by atoms with van der Waals surface area (Å²) in [6.45, 7) is 7.59. The summed E-state index contributed by atoms with van der Waals surface area (Å²) in [5.74, 6) is 0.426. The highest BCUT2D eigenvalue weighted by molar-refractivity contribution is 5.69. The number of carbonyl (C=O) groups excluding carboxylic acids is 1. The standard InChI is InChI=1S/C14H28O5/c1-13(2)6-8-19-14(15)5-4-7-17-11-12-18-10-9-16-3/h13H,4-12H2,1-3H3. The van der Waals surface area contributed by atoms with Crippen molar-refractivity contribution >= 4 is 5.97 Å². The molecule has 0 aromatic carbocycles. The lowest BCUT2D eigenvalue weighted by Gasteiger charge is -2.07. The molecule has 0 atom stereocenters. The Labute approximate surface area is 116 Å². The first-order valence-electron chi connectivity index (χ1n) is 6.97. The molecule has 0 spiro atoms. The average molecular weight is 276 g/mol. The van der Waals surface area contributed by atoms with Crippen LogP contribution in [-0.4, -0.2) is 52.7 Å². The second-order valence-electron chi connectivity index (χ2n) is 4.72. The van der Waals surface area contributed by atoms with Crippen LogP contribution in [0.5, 0.6) is 0 Å². The van der Waals surface area contributed by atoms with E-state index in [4.69, 9.17) is 18.9 Å². The lowest BCUT2D eigenvalue weighted by molar-refractivity contribution is -0.144. The van der Waals surface area contributed by atoms with Gasteiger partial charge in [0.05, 0.1) is 33.0 Å². The van der Waals surface area contributed by atoms with Crippen molar-refractivity contribution in [3.63, 3.8) is 0 Å². The molecule has 0 aromatic rings. The van der Waals surface area contributed by atoms with Crippen LogP contribution in [0.15, 0.2) is 0 Å². The first-order chi connectivity index (χ1) is 9.16. The van der Waals surface area contributed by atoms with Crippen molar-refractivity contribution in [2.75, 3.05) is 46.8 Å². The van der Waals surface area contributed by atoms with Gasteiger partial charge < -0.3 is 18.9 Å². The van der Waals surface area contributed by atoms with Gasteiger partial charge in [0.25, 0.3) is 0 Å². The first kappa shape index (κ1) is 18.4. The van der Waals surface area contributed by atoms with Gasteiger partial charge >= 0.3 is 5.97 Å². The zero-order valence-corrected chi connectivity index (χ0v) is 12.5. The molecule has 5 nitrogen and oxygen atoms in total. The van der Waals surface area contributed by atoms with E-state index in [2.05, 4.69) is 13.8 Å². The van der Waals surface area contributed by atoms with Crippen LogP contribution in [0.4, 0.5) is 0 Å². The highest BCUT2D eigenvalue weighted by Gasteiger charge is 2.03. The van der Waals surface area contributed by atoms with Crippen LogP contribution < -0.4 is 0 Å². The molecule has 0 radical (unpaired) electrons. The molecule has 19 heavy (non-hydrogen) atoms. The molecule has 0 saturated heterocycles. The zero-order chi connectivity index (χ0) is 14.3. The van der Waals surface area contributed by atoms with Gasteiger partial charge in [-0.05, 0) is 18.8 Å². The van der Waals surface area contributed by atoms with Gasteiger partial charge in [0.15, 0.2) is 0 Å². The summed E-state index contributed by atoms with van der Waals surface area (Å²) in [6.07, 6.45) is 2.03. The number of hydrogen-bond acceptors (Lipinski definition) is 5. The molecule has 0 aliphatic rings. The molecule has 0 N–H and O–H groups in total. The van der Waals surface area contributed by atoms with Crippen LogP contribution in [-0.2, 0) is 23.7 Å². The third-order valence-corrected chi connectivity index (χ3v) is 2.43. The molecule has 0 aliphatic heterocycles. The molecule has 114 valence electrons. The summed E-state index contributed by atoms with van der Waals surface area (Å²) < 4.78 is 20.5. The van der Waals surface area contributed by atoms with Gasteiger partial charge in [-0.25, -0.2) is 0 Å². The van der Waals surface area contributed by atoms with Crippen LogP contribution in [0.2, 0.25) is 0 Å². The summed E-state index contributed by atoms with van der Waals surface area (Å²) in [5, 5.41) is 0. The number of rotatable bonds is 13. The van der Waals surface area contributed by atoms with Gasteiger partial charge in [0.2, 0.25) is 0 Å². The van der Waals surface area contributed by atoms with E-state index in [1.807, 2.05) is 0 Å². The van der Waals surface area contributed by atoms with Crippen molar-refractivity contribution in [1.29, 1.82) is 0 Å². The van der Waals surface area contributed by atoms with E-state index in [1.165, 1.54) is 0 Å². The Morgan fingerprint density at radius 1 is 0.947 bits per heavy atom. The van der Waals surface area contributed by atoms with E-state index in [-0.39, 0.29) is 5.97 Å². The number of carbonyl (C=O) groups is 1. The lowest BCUT2D eigenvalue weighted by Crippen LogP contribution is -2.11. The predicted molar refractivity (Wildman–Crippen MR) is 73.2 cm³/mol. The maximum Gasteiger partial charge on any atom is 0.305 e. The Hall–Kier alpha value is -0.650. The minimum Gasteiger partial charge on any atom is -0.466 e. The average Bonchev–Trinajstić information content (AvgIpc) is 2.36. The quantitative estimate of drug-likeness (QED) is 0.380. The fraction of sp³-hybridized carbons (Fsp3) is 0.929. The summed E-state index contributed by atoms with van der Waals surface area (Å²) in [4.78, 5) is 11.3. The molecule has 0 fully saturated rings. The maximum atomic E-state index is 11.3. The van der Waals surface area contributed by atoms with E-state index in [1.54, 1.807) is 7.11 Å². The van der Waals surface area contributed by atoms with E-state index < -0.39 is 0 Å². The highest BCUT2D eigenvalue weighted by Crippen LogP contribution is 2.01. The van der Waals surface area contributed by atoms with Gasteiger partial charge in [-0.15, -0.1) is 0 Å². The minimum atomic E-state index is -0.138. The Bertz CT molecular complexity index is 206. The molecule has 0 saturated carbocycles. The Kier molecular flexibility index (Phi) is 13.3. The third kappa shape index (κ3) is 15.3. The summed E-state index contributed by atoms with van der Waals surface area (Å²) in [7, 11) is 1.64. The third-order valence-electron chi connectivity index (χ3n) is 2.43. The molecular formula is C14H28O5. The van der Waals surface area contributed by atoms with E-state index in [0.717, 1.165) is 6.42 Å². The fourth-order valence-corrected chi connectivity index (χ4v) is 1.26. The molecular weight excluding hydrogens is 248 g/mol. The SMILES string of the molecule is COCCOCCOCCCC(=O)OCCC(C)C. The van der Waals surface area contributed by atoms with Gasteiger partial charge in [-0.1, -0.05) is 13.8 Å². The van der Waals surface area contributed by atoms with Crippen LogP contribution in [0.1, 0.15) is 33.1 Å². The molecule has 0 aromatic heterocycles. The second kappa shape index (κ2) is 13.8. The smallest absolute Gasteiger partial charge is 0.305 e. The van der Waals surface area contributed by atoms with Crippen LogP contribution in [0.3, 0.4) is 0 Å². The zero-order valence-electron chi connectivity index (χ0n) is 12.5. The van der Waals surface area contributed by atoms with Crippen molar-refractivity contribution < 1.29 is 23.7 Å². The van der Waals surface area contributed by atoms with Crippen molar-refractivity contribution in [3.05, 3.63) is 0 Å². The molecule has 0 amide bonds. The molecule has 0 bridgehead atoms. The van der Waals surface area contributed by atoms with Crippen LogP contribution >= 0.6 is 0 Å². The summed E-state index contributed by atoms with van der Waals surface area (Å²) in [6, 6.07) is 0. The van der Waals surface area contributed by atoms with E-state index >= 15 is 0 Å². The number of esters is 1. The van der Waals surface area contributed by atoms with Gasteiger partial charge in [0.1, 0.15) is 0 Å². The molecule has 0 aliphatic carbocycles. The lowest BCUT2D eigenvalue weighted by atomic mass is 10.1. The maximum absolute atomic E-state index is 11.3. The van der Waals surface area contributed by atoms with Crippen molar-refractivity contribution in [2.24, 2.45) is 5.92 Å². The minimum absolute atomic E-state index is 0.138. The van der Waals surface area contributed by atoms with Crippen molar-refractivity contribution in [3.8, 4) is 0 Å². The molecule has 0 heterocycles. The second-order valence-corrected chi connectivity index (χ2v) is 4.72. The van der Waals surface area contributed by atoms with Gasteiger partial charge in [0, 0.05) is 20.1 Å². The molecule has 0 unspecified atom stereocenters. The monoisotopic (exact) mass is 276 g/mol. The Morgan fingerprint density at radius 2 is 1.58 bits per heavy atom.